The largest absolute Gasteiger partial charge is 0.299 e. The van der Waals surface area contributed by atoms with E-state index in [1.165, 1.54) is 25.7 Å². The number of hydrogen-bond donors (Lipinski definition) is 0. The van der Waals surface area contributed by atoms with E-state index in [1.54, 1.807) is 6.08 Å². The highest BCUT2D eigenvalue weighted by Crippen LogP contribution is 2.02. The molecule has 0 aliphatic rings. The topological polar surface area (TPSA) is 17.1 Å². The number of allylic oxidation sites excluding steroid dienone is 2. The molecule has 0 aromatic heterocycles. The first-order valence-corrected chi connectivity index (χ1v) is 4.02. The van der Waals surface area contributed by atoms with Crippen molar-refractivity contribution in [3.05, 3.63) is 12.2 Å². The van der Waals surface area contributed by atoms with Gasteiger partial charge in [-0.15, -0.1) is 0 Å². The second kappa shape index (κ2) is 12.1. The molecule has 1 heteroatoms. The number of hydrogen-bond acceptors (Lipinski definition) is 1. The summed E-state index contributed by atoms with van der Waals surface area (Å²) >= 11 is 0. The van der Waals surface area contributed by atoms with Crippen molar-refractivity contribution in [3.63, 3.8) is 0 Å². The van der Waals surface area contributed by atoms with Crippen molar-refractivity contribution in [3.8, 4) is 0 Å². The first kappa shape index (κ1) is 13.0. The smallest absolute Gasteiger partial charge is 0.142 e. The minimum atomic E-state index is 0. The Morgan fingerprint density at radius 3 is 2.45 bits per heavy atom. The van der Waals surface area contributed by atoms with E-state index in [0.29, 0.717) is 0 Å². The predicted molar refractivity (Wildman–Crippen MR) is 50.7 cm³/mol. The maximum Gasteiger partial charge on any atom is 0.142 e. The Morgan fingerprint density at radius 1 is 1.18 bits per heavy atom. The predicted octanol–water partition coefficient (Wildman–Crippen LogP) is 3.35. The molecule has 0 fully saturated rings. The fraction of sp³-hybridized carbons (Fsp3) is 0.700. The van der Waals surface area contributed by atoms with E-state index in [1.807, 2.05) is 6.08 Å². The van der Waals surface area contributed by atoms with Gasteiger partial charge in [-0.2, -0.15) is 0 Å². The van der Waals surface area contributed by atoms with Crippen LogP contribution in [0.4, 0.5) is 0 Å². The van der Waals surface area contributed by atoms with E-state index < -0.39 is 0 Å². The zero-order chi connectivity index (χ0) is 7.66. The molecule has 0 aromatic carbocycles. The highest BCUT2D eigenvalue weighted by molar-refractivity contribution is 5.64. The van der Waals surface area contributed by atoms with Gasteiger partial charge in [-0.25, -0.2) is 0 Å². The Bertz CT molecular complexity index is 95.0. The zero-order valence-electron chi connectivity index (χ0n) is 6.68. The van der Waals surface area contributed by atoms with Gasteiger partial charge >= 0.3 is 0 Å². The normalized spacial score (nSPS) is 9.55. The van der Waals surface area contributed by atoms with Crippen LogP contribution < -0.4 is 0 Å². The molecule has 0 bridgehead atoms. The highest BCUT2D eigenvalue weighted by atomic mass is 16.1. The Morgan fingerprint density at radius 2 is 1.91 bits per heavy atom. The van der Waals surface area contributed by atoms with E-state index in [2.05, 4.69) is 6.92 Å². The van der Waals surface area contributed by atoms with Gasteiger partial charge in [0.1, 0.15) is 6.29 Å². The minimum Gasteiger partial charge on any atom is -0.299 e. The molecule has 0 amide bonds. The maximum atomic E-state index is 9.81. The van der Waals surface area contributed by atoms with Crippen molar-refractivity contribution < 1.29 is 4.79 Å². The average molecular weight is 156 g/mol. The number of unbranched alkanes of at least 4 members (excludes halogenated alkanes) is 4. The summed E-state index contributed by atoms with van der Waals surface area (Å²) in [7, 11) is 0. The molecule has 0 aliphatic heterocycles. The Kier molecular flexibility index (Phi) is 14.4. The summed E-state index contributed by atoms with van der Waals surface area (Å²) in [6.45, 7) is 2.20. The van der Waals surface area contributed by atoms with Crippen LogP contribution in [0, 0.1) is 0 Å². The summed E-state index contributed by atoms with van der Waals surface area (Å²) in [4.78, 5) is 9.81. The first-order chi connectivity index (χ1) is 4.91. The summed E-state index contributed by atoms with van der Waals surface area (Å²) in [5.74, 6) is 0. The van der Waals surface area contributed by atoms with Gasteiger partial charge in [0.2, 0.25) is 0 Å². The number of rotatable bonds is 6. The Hall–Kier alpha value is -0.590. The van der Waals surface area contributed by atoms with Crippen LogP contribution in [0.15, 0.2) is 12.2 Å². The fourth-order valence-corrected chi connectivity index (χ4v) is 0.841. The molecular weight excluding hydrogens is 136 g/mol. The number of carbonyl (C=O) groups excluding carboxylic acids is 1. The molecule has 0 saturated carbocycles. The second-order valence-corrected chi connectivity index (χ2v) is 2.41. The molecule has 11 heavy (non-hydrogen) atoms. The fourth-order valence-electron chi connectivity index (χ4n) is 0.841. The zero-order valence-corrected chi connectivity index (χ0v) is 6.68. The minimum absolute atomic E-state index is 0. The van der Waals surface area contributed by atoms with Gasteiger partial charge in [-0.05, 0) is 18.9 Å². The lowest BCUT2D eigenvalue weighted by Crippen LogP contribution is -1.73. The maximum absolute atomic E-state index is 9.81. The van der Waals surface area contributed by atoms with Crippen molar-refractivity contribution >= 4 is 6.29 Å². The van der Waals surface area contributed by atoms with E-state index in [4.69, 9.17) is 0 Å². The summed E-state index contributed by atoms with van der Waals surface area (Å²) in [6.07, 6.45) is 10.5. The van der Waals surface area contributed by atoms with Crippen LogP contribution in [0.25, 0.3) is 0 Å². The molecule has 66 valence electrons. The molecule has 0 heterocycles. The summed E-state index contributed by atoms with van der Waals surface area (Å²) in [6, 6.07) is 0. The van der Waals surface area contributed by atoms with Gasteiger partial charge in [0.25, 0.3) is 0 Å². The lowest BCUT2D eigenvalue weighted by Gasteiger charge is -1.92. The standard InChI is InChI=1S/C9H16O.CH4/c1-2-3-4-5-6-7-8-9-10;/h7-9H,2-6H2,1H3;1H4. The van der Waals surface area contributed by atoms with Crippen LogP contribution in [0.1, 0.15) is 46.5 Å². The van der Waals surface area contributed by atoms with E-state index in [0.717, 1.165) is 12.7 Å². The molecule has 0 spiro atoms. The van der Waals surface area contributed by atoms with Crippen molar-refractivity contribution in [2.24, 2.45) is 0 Å². The van der Waals surface area contributed by atoms with E-state index in [-0.39, 0.29) is 7.43 Å². The van der Waals surface area contributed by atoms with E-state index in [9.17, 15) is 4.79 Å². The molecule has 0 aliphatic carbocycles. The van der Waals surface area contributed by atoms with Crippen LogP contribution in [0.3, 0.4) is 0 Å². The SMILES string of the molecule is C.CCCCCCC=CC=O. The van der Waals surface area contributed by atoms with Crippen molar-refractivity contribution in [1.82, 2.24) is 0 Å². The van der Waals surface area contributed by atoms with Crippen molar-refractivity contribution in [2.75, 3.05) is 0 Å². The quantitative estimate of drug-likeness (QED) is 0.327. The third-order valence-corrected chi connectivity index (χ3v) is 1.44. The Labute approximate surface area is 70.5 Å². The molecule has 0 unspecified atom stereocenters. The van der Waals surface area contributed by atoms with Gasteiger partial charge in [0.05, 0.1) is 0 Å². The van der Waals surface area contributed by atoms with Gasteiger partial charge in [-0.3, -0.25) is 4.79 Å². The third kappa shape index (κ3) is 12.6. The van der Waals surface area contributed by atoms with Gasteiger partial charge in [0, 0.05) is 0 Å². The lowest BCUT2D eigenvalue weighted by atomic mass is 10.1. The summed E-state index contributed by atoms with van der Waals surface area (Å²) < 4.78 is 0. The molecule has 0 aromatic rings. The van der Waals surface area contributed by atoms with Crippen LogP contribution >= 0.6 is 0 Å². The molecule has 1 nitrogen and oxygen atoms in total. The monoisotopic (exact) mass is 156 g/mol. The van der Waals surface area contributed by atoms with Crippen LogP contribution in [-0.2, 0) is 4.79 Å². The highest BCUT2D eigenvalue weighted by Gasteiger charge is 1.82. The van der Waals surface area contributed by atoms with Crippen LogP contribution in [-0.4, -0.2) is 6.29 Å². The molecule has 0 saturated heterocycles. The number of aldehydes is 1. The molecular formula is C10H20O. The third-order valence-electron chi connectivity index (χ3n) is 1.44. The van der Waals surface area contributed by atoms with Crippen LogP contribution in [0.5, 0.6) is 0 Å². The van der Waals surface area contributed by atoms with Gasteiger partial charge < -0.3 is 0 Å². The van der Waals surface area contributed by atoms with Crippen molar-refractivity contribution in [1.29, 1.82) is 0 Å². The first-order valence-electron chi connectivity index (χ1n) is 4.02. The summed E-state index contributed by atoms with van der Waals surface area (Å²) in [5, 5.41) is 0. The number of carbonyl (C=O) groups is 1. The molecule has 0 atom stereocenters. The molecule has 0 radical (unpaired) electrons. The summed E-state index contributed by atoms with van der Waals surface area (Å²) in [5.41, 5.74) is 0. The van der Waals surface area contributed by atoms with Gasteiger partial charge in [-0.1, -0.05) is 39.7 Å². The molecule has 0 N–H and O–H groups in total. The van der Waals surface area contributed by atoms with Crippen molar-refractivity contribution in [2.45, 2.75) is 46.5 Å². The molecule has 0 rings (SSSR count). The van der Waals surface area contributed by atoms with Crippen LogP contribution in [0.2, 0.25) is 0 Å². The lowest BCUT2D eigenvalue weighted by molar-refractivity contribution is -0.104. The second-order valence-electron chi connectivity index (χ2n) is 2.41. The van der Waals surface area contributed by atoms with Gasteiger partial charge in [0.15, 0.2) is 0 Å². The Balaban J connectivity index is 0. The average Bonchev–Trinajstić information content (AvgIpc) is 1.97. The van der Waals surface area contributed by atoms with E-state index >= 15 is 0 Å².